The molecule has 0 radical (unpaired) electrons. The first-order chi connectivity index (χ1) is 12.9. The average molecular weight is 392 g/mol. The Kier molecular flexibility index (Phi) is 4.60. The van der Waals surface area contributed by atoms with Crippen molar-refractivity contribution in [3.8, 4) is 16.9 Å². The summed E-state index contributed by atoms with van der Waals surface area (Å²) in [6.07, 6.45) is -1.49. The van der Waals surface area contributed by atoms with Crippen molar-refractivity contribution in [2.75, 3.05) is 11.9 Å². The summed E-state index contributed by atoms with van der Waals surface area (Å²) in [6.45, 7) is 0.832. The zero-order valence-corrected chi connectivity index (χ0v) is 15.1. The zero-order chi connectivity index (χ0) is 19.0. The Morgan fingerprint density at radius 3 is 2.33 bits per heavy atom. The molecule has 1 aromatic heterocycles. The van der Waals surface area contributed by atoms with Gasteiger partial charge in [0.15, 0.2) is 0 Å². The maximum atomic E-state index is 12.9. The van der Waals surface area contributed by atoms with Crippen LogP contribution in [0.2, 0.25) is 5.02 Å². The van der Waals surface area contributed by atoms with Gasteiger partial charge in [0.1, 0.15) is 5.82 Å². The fraction of sp³-hybridized carbons (Fsp3) is 0.250. The number of hydrogen-bond acceptors (Lipinski definition) is 2. The highest BCUT2D eigenvalue weighted by atomic mass is 35.5. The third kappa shape index (κ3) is 3.54. The summed E-state index contributed by atoms with van der Waals surface area (Å²) in [5, 5.41) is 8.78. The van der Waals surface area contributed by atoms with Gasteiger partial charge in [-0.1, -0.05) is 23.7 Å². The molecular weight excluding hydrogens is 375 g/mol. The van der Waals surface area contributed by atoms with Crippen molar-refractivity contribution >= 4 is 17.4 Å². The topological polar surface area (TPSA) is 29.9 Å². The van der Waals surface area contributed by atoms with Gasteiger partial charge in [0.2, 0.25) is 0 Å². The standard InChI is InChI=1S/C20H17ClF3N3/c21-15-8-10-16(11-9-15)27-19-17(3-1-2-12-25-19)18(26-27)13-4-6-14(7-5-13)20(22,23)24/h4-11,25H,1-3,12H2. The summed E-state index contributed by atoms with van der Waals surface area (Å²) < 4.78 is 40.4. The molecule has 0 fully saturated rings. The minimum Gasteiger partial charge on any atom is -0.370 e. The Bertz CT molecular complexity index is 944. The second kappa shape index (κ2) is 6.93. The number of rotatable bonds is 2. The monoisotopic (exact) mass is 391 g/mol. The minimum absolute atomic E-state index is 0.632. The van der Waals surface area contributed by atoms with Crippen LogP contribution in [-0.4, -0.2) is 16.3 Å². The molecule has 3 aromatic rings. The van der Waals surface area contributed by atoms with E-state index in [1.165, 1.54) is 12.1 Å². The van der Waals surface area contributed by atoms with Crippen LogP contribution in [0.15, 0.2) is 48.5 Å². The predicted octanol–water partition coefficient (Wildman–Crippen LogP) is 5.96. The number of halogens is 4. The van der Waals surface area contributed by atoms with Gasteiger partial charge in [0.25, 0.3) is 0 Å². The molecule has 4 rings (SSSR count). The van der Waals surface area contributed by atoms with E-state index in [9.17, 15) is 13.2 Å². The first-order valence-corrected chi connectivity index (χ1v) is 9.10. The summed E-state index contributed by atoms with van der Waals surface area (Å²) in [7, 11) is 0. The van der Waals surface area contributed by atoms with Crippen LogP contribution in [0.5, 0.6) is 0 Å². The summed E-state index contributed by atoms with van der Waals surface area (Å²) in [6, 6.07) is 12.5. The van der Waals surface area contributed by atoms with Gasteiger partial charge in [-0.15, -0.1) is 0 Å². The van der Waals surface area contributed by atoms with E-state index in [0.717, 1.165) is 55.0 Å². The van der Waals surface area contributed by atoms with E-state index in [0.29, 0.717) is 16.3 Å². The van der Waals surface area contributed by atoms with Gasteiger partial charge in [-0.2, -0.15) is 18.3 Å². The summed E-state index contributed by atoms with van der Waals surface area (Å²) in [4.78, 5) is 0. The van der Waals surface area contributed by atoms with E-state index in [2.05, 4.69) is 5.32 Å². The molecule has 0 saturated carbocycles. The largest absolute Gasteiger partial charge is 0.416 e. The van der Waals surface area contributed by atoms with E-state index in [1.54, 1.807) is 12.1 Å². The predicted molar refractivity (Wildman–Crippen MR) is 100 cm³/mol. The van der Waals surface area contributed by atoms with E-state index in [1.807, 2.05) is 16.8 Å². The van der Waals surface area contributed by atoms with Gasteiger partial charge < -0.3 is 5.32 Å². The lowest BCUT2D eigenvalue weighted by Gasteiger charge is -2.09. The van der Waals surface area contributed by atoms with Gasteiger partial charge in [0.05, 0.1) is 16.9 Å². The molecule has 3 nitrogen and oxygen atoms in total. The number of alkyl halides is 3. The highest BCUT2D eigenvalue weighted by Crippen LogP contribution is 2.36. The van der Waals surface area contributed by atoms with Crippen molar-refractivity contribution in [3.63, 3.8) is 0 Å². The number of benzene rings is 2. The van der Waals surface area contributed by atoms with Crippen molar-refractivity contribution in [1.29, 1.82) is 0 Å². The van der Waals surface area contributed by atoms with E-state index in [4.69, 9.17) is 16.7 Å². The van der Waals surface area contributed by atoms with Crippen LogP contribution in [-0.2, 0) is 12.6 Å². The van der Waals surface area contributed by atoms with Crippen LogP contribution < -0.4 is 5.32 Å². The lowest BCUT2D eigenvalue weighted by Crippen LogP contribution is -2.07. The van der Waals surface area contributed by atoms with Crippen LogP contribution in [0.4, 0.5) is 19.0 Å². The van der Waals surface area contributed by atoms with Crippen LogP contribution in [0.3, 0.4) is 0 Å². The molecule has 140 valence electrons. The van der Waals surface area contributed by atoms with Gasteiger partial charge >= 0.3 is 6.18 Å². The van der Waals surface area contributed by atoms with Crippen molar-refractivity contribution < 1.29 is 13.2 Å². The third-order valence-corrected chi connectivity index (χ3v) is 4.94. The average Bonchev–Trinajstić information content (AvgIpc) is 2.83. The second-order valence-electron chi connectivity index (χ2n) is 6.52. The Morgan fingerprint density at radius 1 is 0.963 bits per heavy atom. The fourth-order valence-electron chi connectivity index (χ4n) is 3.32. The molecule has 0 amide bonds. The summed E-state index contributed by atoms with van der Waals surface area (Å²) in [5.74, 6) is 0.893. The fourth-order valence-corrected chi connectivity index (χ4v) is 3.45. The highest BCUT2D eigenvalue weighted by molar-refractivity contribution is 6.30. The van der Waals surface area contributed by atoms with Crippen LogP contribution in [0.25, 0.3) is 16.9 Å². The number of hydrogen-bond donors (Lipinski definition) is 1. The van der Waals surface area contributed by atoms with Gasteiger partial charge in [0, 0.05) is 22.7 Å². The molecule has 1 aliphatic rings. The van der Waals surface area contributed by atoms with E-state index in [-0.39, 0.29) is 0 Å². The number of anilines is 1. The first-order valence-electron chi connectivity index (χ1n) is 8.73. The molecule has 0 bridgehead atoms. The second-order valence-corrected chi connectivity index (χ2v) is 6.96. The number of aromatic nitrogens is 2. The van der Waals surface area contributed by atoms with Crippen molar-refractivity contribution in [2.24, 2.45) is 0 Å². The maximum Gasteiger partial charge on any atom is 0.416 e. The molecule has 0 aliphatic carbocycles. The molecule has 27 heavy (non-hydrogen) atoms. The Hall–Kier alpha value is -2.47. The minimum atomic E-state index is -4.35. The van der Waals surface area contributed by atoms with Crippen molar-refractivity contribution in [3.05, 3.63) is 64.7 Å². The Morgan fingerprint density at radius 2 is 1.67 bits per heavy atom. The number of fused-ring (bicyclic) bond motifs is 1. The molecule has 0 saturated heterocycles. The third-order valence-electron chi connectivity index (χ3n) is 4.69. The number of nitrogens with one attached hydrogen (secondary N) is 1. The van der Waals surface area contributed by atoms with E-state index >= 15 is 0 Å². The molecule has 1 aliphatic heterocycles. The molecular formula is C20H17ClF3N3. The van der Waals surface area contributed by atoms with Gasteiger partial charge in [-0.3, -0.25) is 0 Å². The normalized spacial score (nSPS) is 14.4. The van der Waals surface area contributed by atoms with E-state index < -0.39 is 11.7 Å². The SMILES string of the molecule is FC(F)(F)c1ccc(-c2nn(-c3ccc(Cl)cc3)c3c2CCCCN3)cc1. The highest BCUT2D eigenvalue weighted by Gasteiger charge is 2.30. The smallest absolute Gasteiger partial charge is 0.370 e. The van der Waals surface area contributed by atoms with Crippen LogP contribution in [0, 0.1) is 0 Å². The summed E-state index contributed by atoms with van der Waals surface area (Å²) >= 11 is 5.98. The lowest BCUT2D eigenvalue weighted by molar-refractivity contribution is -0.137. The van der Waals surface area contributed by atoms with Crippen molar-refractivity contribution in [1.82, 2.24) is 9.78 Å². The zero-order valence-electron chi connectivity index (χ0n) is 14.4. The molecule has 2 aromatic carbocycles. The Labute approximate surface area is 159 Å². The molecule has 0 atom stereocenters. The molecule has 2 heterocycles. The van der Waals surface area contributed by atoms with Crippen LogP contribution in [0.1, 0.15) is 24.0 Å². The molecule has 0 spiro atoms. The summed E-state index contributed by atoms with van der Waals surface area (Å²) in [5.41, 5.74) is 2.61. The lowest BCUT2D eigenvalue weighted by atomic mass is 10.0. The molecule has 1 N–H and O–H groups in total. The molecule has 0 unspecified atom stereocenters. The Balaban J connectivity index is 1.82. The first kappa shape index (κ1) is 17.9. The quantitative estimate of drug-likeness (QED) is 0.584. The number of nitrogens with zero attached hydrogens (tertiary/aromatic N) is 2. The maximum absolute atomic E-state index is 12.9. The van der Waals surface area contributed by atoms with Gasteiger partial charge in [-0.05, 0) is 55.7 Å². The molecule has 7 heteroatoms. The van der Waals surface area contributed by atoms with Crippen LogP contribution >= 0.6 is 11.6 Å². The van der Waals surface area contributed by atoms with Gasteiger partial charge in [-0.25, -0.2) is 4.68 Å². The van der Waals surface area contributed by atoms with Crippen molar-refractivity contribution in [2.45, 2.75) is 25.4 Å².